The molecule has 2 aromatic rings. The van der Waals surface area contributed by atoms with Gasteiger partial charge in [-0.2, -0.15) is 0 Å². The molecule has 1 aromatic carbocycles. The standard InChI is InChI=1S/C18H22N2O4/c1-20(10-8-14-7-5-6-9-19-14)18(21)13-11-15(22-2)17(24-4)16(12-13)23-3/h5-7,9,11-12H,8,10H2,1-4H3/p+1. The first-order valence-electron chi connectivity index (χ1n) is 7.61. The van der Waals surface area contributed by atoms with E-state index in [4.69, 9.17) is 14.2 Å². The van der Waals surface area contributed by atoms with Gasteiger partial charge in [-0.25, -0.2) is 4.98 Å². The average Bonchev–Trinajstić information content (AvgIpc) is 2.64. The number of rotatable bonds is 7. The Kier molecular flexibility index (Phi) is 6.01. The molecule has 0 fully saturated rings. The maximum Gasteiger partial charge on any atom is 0.253 e. The van der Waals surface area contributed by atoms with Gasteiger partial charge in [-0.1, -0.05) is 6.07 Å². The number of hydrogen-bond acceptors (Lipinski definition) is 4. The highest BCUT2D eigenvalue weighted by atomic mass is 16.5. The van der Waals surface area contributed by atoms with Crippen LogP contribution in [0.2, 0.25) is 0 Å². The summed E-state index contributed by atoms with van der Waals surface area (Å²) in [4.78, 5) is 17.5. The second kappa shape index (κ2) is 8.19. The van der Waals surface area contributed by atoms with Crippen LogP contribution in [0.3, 0.4) is 0 Å². The van der Waals surface area contributed by atoms with Crippen LogP contribution in [0.4, 0.5) is 0 Å². The number of aromatic nitrogens is 1. The molecule has 24 heavy (non-hydrogen) atoms. The zero-order chi connectivity index (χ0) is 17.5. The number of likely N-dealkylation sites (N-methyl/N-ethyl adjacent to an activating group) is 1. The molecule has 1 amide bonds. The van der Waals surface area contributed by atoms with E-state index in [2.05, 4.69) is 4.98 Å². The molecule has 1 N–H and O–H groups in total. The van der Waals surface area contributed by atoms with E-state index in [1.807, 2.05) is 24.4 Å². The lowest BCUT2D eigenvalue weighted by Crippen LogP contribution is -2.30. The third kappa shape index (κ3) is 3.95. The van der Waals surface area contributed by atoms with E-state index in [9.17, 15) is 4.79 Å². The first-order valence-corrected chi connectivity index (χ1v) is 7.61. The van der Waals surface area contributed by atoms with Crippen molar-refractivity contribution in [3.05, 3.63) is 47.8 Å². The fourth-order valence-electron chi connectivity index (χ4n) is 2.40. The number of hydrogen-bond donors (Lipinski definition) is 0. The van der Waals surface area contributed by atoms with Crippen molar-refractivity contribution >= 4 is 5.91 Å². The Hall–Kier alpha value is -2.76. The van der Waals surface area contributed by atoms with Gasteiger partial charge in [-0.05, 0) is 12.1 Å². The lowest BCUT2D eigenvalue weighted by Gasteiger charge is -2.18. The topological polar surface area (TPSA) is 62.1 Å². The Morgan fingerprint density at radius 2 is 1.75 bits per heavy atom. The largest absolute Gasteiger partial charge is 0.493 e. The minimum Gasteiger partial charge on any atom is -0.493 e. The molecule has 128 valence electrons. The number of aromatic amines is 1. The second-order valence-electron chi connectivity index (χ2n) is 5.28. The number of methoxy groups -OCH3 is 3. The van der Waals surface area contributed by atoms with Crippen LogP contribution in [-0.4, -0.2) is 45.7 Å². The highest BCUT2D eigenvalue weighted by Gasteiger charge is 2.19. The monoisotopic (exact) mass is 331 g/mol. The number of pyridine rings is 1. The van der Waals surface area contributed by atoms with Crippen molar-refractivity contribution in [1.29, 1.82) is 0 Å². The van der Waals surface area contributed by atoms with Crippen LogP contribution >= 0.6 is 0 Å². The number of nitrogens with one attached hydrogen (secondary N) is 1. The summed E-state index contributed by atoms with van der Waals surface area (Å²) in [7, 11) is 6.36. The Labute approximate surface area is 142 Å². The molecule has 0 atom stereocenters. The van der Waals surface area contributed by atoms with Gasteiger partial charge in [-0.3, -0.25) is 4.79 Å². The van der Waals surface area contributed by atoms with E-state index in [0.717, 1.165) is 12.1 Å². The van der Waals surface area contributed by atoms with E-state index >= 15 is 0 Å². The van der Waals surface area contributed by atoms with Gasteiger partial charge in [-0.15, -0.1) is 0 Å². The molecule has 6 heteroatoms. The minimum absolute atomic E-state index is 0.106. The summed E-state index contributed by atoms with van der Waals surface area (Å²) in [6.07, 6.45) is 2.61. The van der Waals surface area contributed by atoms with Gasteiger partial charge in [0.05, 0.1) is 21.3 Å². The minimum atomic E-state index is -0.106. The first kappa shape index (κ1) is 17.6. The average molecular weight is 331 g/mol. The smallest absolute Gasteiger partial charge is 0.253 e. The quantitative estimate of drug-likeness (QED) is 0.777. The molecule has 0 unspecified atom stereocenters. The van der Waals surface area contributed by atoms with Gasteiger partial charge in [0.2, 0.25) is 5.75 Å². The first-order chi connectivity index (χ1) is 11.6. The van der Waals surface area contributed by atoms with Crippen LogP contribution in [-0.2, 0) is 6.42 Å². The highest BCUT2D eigenvalue weighted by molar-refractivity contribution is 5.95. The van der Waals surface area contributed by atoms with E-state index in [1.165, 1.54) is 21.3 Å². The fourth-order valence-corrected chi connectivity index (χ4v) is 2.40. The molecule has 6 nitrogen and oxygen atoms in total. The van der Waals surface area contributed by atoms with Crippen molar-refractivity contribution in [1.82, 2.24) is 4.90 Å². The second-order valence-corrected chi connectivity index (χ2v) is 5.28. The summed E-state index contributed by atoms with van der Waals surface area (Å²) in [5.41, 5.74) is 1.56. The van der Waals surface area contributed by atoms with E-state index in [-0.39, 0.29) is 5.91 Å². The van der Waals surface area contributed by atoms with Crippen molar-refractivity contribution in [2.24, 2.45) is 0 Å². The Balaban J connectivity index is 2.16. The van der Waals surface area contributed by atoms with Gasteiger partial charge in [0, 0.05) is 37.7 Å². The third-order valence-electron chi connectivity index (χ3n) is 3.75. The molecule has 2 rings (SSSR count). The van der Waals surface area contributed by atoms with E-state index < -0.39 is 0 Å². The molecule has 0 aliphatic carbocycles. The van der Waals surface area contributed by atoms with Crippen molar-refractivity contribution in [2.45, 2.75) is 6.42 Å². The number of nitrogens with zero attached hydrogens (tertiary/aromatic N) is 1. The van der Waals surface area contributed by atoms with E-state index in [1.54, 1.807) is 24.1 Å². The number of amides is 1. The summed E-state index contributed by atoms with van der Waals surface area (Å²) in [6, 6.07) is 9.21. The maximum atomic E-state index is 12.7. The Morgan fingerprint density at radius 1 is 1.08 bits per heavy atom. The normalized spacial score (nSPS) is 10.2. The van der Waals surface area contributed by atoms with Gasteiger partial charge < -0.3 is 19.1 Å². The Morgan fingerprint density at radius 3 is 2.25 bits per heavy atom. The van der Waals surface area contributed by atoms with Crippen LogP contribution < -0.4 is 19.2 Å². The molecule has 0 bridgehead atoms. The predicted molar refractivity (Wildman–Crippen MR) is 89.8 cm³/mol. The van der Waals surface area contributed by atoms with Crippen molar-refractivity contribution < 1.29 is 24.0 Å². The van der Waals surface area contributed by atoms with Crippen LogP contribution in [0.25, 0.3) is 0 Å². The summed E-state index contributed by atoms with van der Waals surface area (Å²) >= 11 is 0. The molecule has 0 aliphatic rings. The predicted octanol–water partition coefficient (Wildman–Crippen LogP) is 1.84. The van der Waals surface area contributed by atoms with Crippen LogP contribution in [0.5, 0.6) is 17.2 Å². The maximum absolute atomic E-state index is 12.7. The lowest BCUT2D eigenvalue weighted by molar-refractivity contribution is -0.390. The van der Waals surface area contributed by atoms with Gasteiger partial charge >= 0.3 is 0 Å². The molecule has 1 aromatic heterocycles. The summed E-state index contributed by atoms with van der Waals surface area (Å²) in [5.74, 6) is 1.29. The zero-order valence-electron chi connectivity index (χ0n) is 14.5. The lowest BCUT2D eigenvalue weighted by atomic mass is 10.1. The number of carbonyl (C=O) groups excluding carboxylic acids is 1. The van der Waals surface area contributed by atoms with Crippen molar-refractivity contribution in [3.63, 3.8) is 0 Å². The molecule has 1 heterocycles. The summed E-state index contributed by atoms with van der Waals surface area (Å²) in [6.45, 7) is 0.593. The van der Waals surface area contributed by atoms with Gasteiger partial charge in [0.25, 0.3) is 5.91 Å². The fraction of sp³-hybridized carbons (Fsp3) is 0.333. The molecule has 0 radical (unpaired) electrons. The van der Waals surface area contributed by atoms with E-state index in [0.29, 0.717) is 29.4 Å². The van der Waals surface area contributed by atoms with Gasteiger partial charge in [0.15, 0.2) is 23.4 Å². The highest BCUT2D eigenvalue weighted by Crippen LogP contribution is 2.38. The Bertz CT molecular complexity index is 664. The molecule has 0 saturated carbocycles. The third-order valence-corrected chi connectivity index (χ3v) is 3.75. The SMILES string of the molecule is COc1cc(C(=O)N(C)CCc2cccc[nH+]2)cc(OC)c1OC. The number of benzene rings is 1. The summed E-state index contributed by atoms with van der Waals surface area (Å²) < 4.78 is 15.9. The van der Waals surface area contributed by atoms with Crippen LogP contribution in [0.1, 0.15) is 16.1 Å². The van der Waals surface area contributed by atoms with Crippen LogP contribution in [0, 0.1) is 0 Å². The number of ether oxygens (including phenoxy) is 3. The van der Waals surface area contributed by atoms with Crippen molar-refractivity contribution in [2.75, 3.05) is 34.9 Å². The van der Waals surface area contributed by atoms with Crippen molar-refractivity contribution in [3.8, 4) is 17.2 Å². The molecular weight excluding hydrogens is 308 g/mol. The van der Waals surface area contributed by atoms with Gasteiger partial charge in [0.1, 0.15) is 0 Å². The number of H-pyrrole nitrogens is 1. The zero-order valence-corrected chi connectivity index (χ0v) is 14.5. The van der Waals surface area contributed by atoms with Crippen LogP contribution in [0.15, 0.2) is 36.5 Å². The molecular formula is C18H23N2O4+. The molecule has 0 aliphatic heterocycles. The summed E-state index contributed by atoms with van der Waals surface area (Å²) in [5, 5.41) is 0. The molecule has 0 spiro atoms. The number of carbonyl (C=O) groups is 1. The molecule has 0 saturated heterocycles.